The average molecular weight is 294 g/mol. The maximum absolute atomic E-state index is 12.9. The van der Waals surface area contributed by atoms with Crippen LogP contribution in [0.15, 0.2) is 0 Å². The van der Waals surface area contributed by atoms with E-state index in [-0.39, 0.29) is 18.0 Å². The predicted molar refractivity (Wildman–Crippen MR) is 66.9 cm³/mol. The van der Waals surface area contributed by atoms with E-state index in [0.717, 1.165) is 30.6 Å². The molecular formula is C12H17F3N2OS. The lowest BCUT2D eigenvalue weighted by Crippen LogP contribution is -2.18. The van der Waals surface area contributed by atoms with E-state index < -0.39 is 11.9 Å². The fourth-order valence-corrected chi connectivity index (χ4v) is 2.61. The second kappa shape index (κ2) is 6.19. The predicted octanol–water partition coefficient (Wildman–Crippen LogP) is 3.34. The number of nitrogens with zero attached hydrogens (tertiary/aromatic N) is 1. The molecule has 0 bridgehead atoms. The molecule has 0 aromatic carbocycles. The first kappa shape index (κ1) is 14.7. The minimum absolute atomic E-state index is 0.158. The van der Waals surface area contributed by atoms with Crippen molar-refractivity contribution in [2.75, 3.05) is 6.61 Å². The minimum atomic E-state index is -4.39. The van der Waals surface area contributed by atoms with Gasteiger partial charge >= 0.3 is 6.18 Å². The van der Waals surface area contributed by atoms with E-state index in [9.17, 15) is 13.2 Å². The fraction of sp³-hybridized carbons (Fsp3) is 0.750. The summed E-state index contributed by atoms with van der Waals surface area (Å²) in [4.78, 5) is 3.94. The van der Waals surface area contributed by atoms with Crippen molar-refractivity contribution in [3.8, 4) is 0 Å². The van der Waals surface area contributed by atoms with Gasteiger partial charge in [-0.15, -0.1) is 11.3 Å². The number of ether oxygens (including phenoxy) is 1. The highest BCUT2D eigenvalue weighted by Gasteiger charge is 2.37. The lowest BCUT2D eigenvalue weighted by molar-refractivity contribution is -0.141. The molecule has 1 fully saturated rings. The highest BCUT2D eigenvalue weighted by Crippen LogP contribution is 2.35. The summed E-state index contributed by atoms with van der Waals surface area (Å²) in [6, 6.07) is 0.378. The summed E-state index contributed by atoms with van der Waals surface area (Å²) in [6.07, 6.45) is -1.45. The molecule has 1 aromatic rings. The zero-order valence-electron chi connectivity index (χ0n) is 10.7. The Morgan fingerprint density at radius 2 is 2.16 bits per heavy atom. The maximum Gasteiger partial charge on any atom is 0.434 e. The molecule has 1 N–H and O–H groups in total. The molecule has 0 spiro atoms. The molecule has 1 heterocycles. The smallest absolute Gasteiger partial charge is 0.374 e. The quantitative estimate of drug-likeness (QED) is 0.783. The van der Waals surface area contributed by atoms with Gasteiger partial charge in [0.05, 0.1) is 11.5 Å². The van der Waals surface area contributed by atoms with Crippen LogP contribution in [0.1, 0.15) is 41.8 Å². The summed E-state index contributed by atoms with van der Waals surface area (Å²) < 4.78 is 43.8. The van der Waals surface area contributed by atoms with E-state index in [1.165, 1.54) is 0 Å². The molecule has 3 nitrogen and oxygen atoms in total. The van der Waals surface area contributed by atoms with Crippen LogP contribution in [0.25, 0.3) is 0 Å². The summed E-state index contributed by atoms with van der Waals surface area (Å²) in [6.45, 7) is 2.89. The monoisotopic (exact) mass is 294 g/mol. The standard InChI is InChI=1S/C12H17F3N2OS/c1-2-5-18-7-10-17-11(12(13,14)15)9(19-10)6-16-8-3-4-8/h8,16H,2-7H2,1H3. The molecular weight excluding hydrogens is 277 g/mol. The number of alkyl halides is 3. The van der Waals surface area contributed by atoms with Gasteiger partial charge in [0.15, 0.2) is 5.69 Å². The highest BCUT2D eigenvalue weighted by atomic mass is 32.1. The Morgan fingerprint density at radius 3 is 2.74 bits per heavy atom. The molecule has 0 radical (unpaired) electrons. The van der Waals surface area contributed by atoms with Gasteiger partial charge in [-0.2, -0.15) is 13.2 Å². The third-order valence-corrected chi connectivity index (χ3v) is 3.74. The molecule has 1 saturated carbocycles. The Morgan fingerprint density at radius 1 is 1.42 bits per heavy atom. The van der Waals surface area contributed by atoms with Crippen molar-refractivity contribution in [3.05, 3.63) is 15.6 Å². The number of rotatable bonds is 7. The maximum atomic E-state index is 12.9. The summed E-state index contributed by atoms with van der Waals surface area (Å²) in [5.41, 5.74) is -0.763. The van der Waals surface area contributed by atoms with E-state index >= 15 is 0 Å². The van der Waals surface area contributed by atoms with Crippen molar-refractivity contribution in [3.63, 3.8) is 0 Å². The molecule has 1 aliphatic carbocycles. The van der Waals surface area contributed by atoms with Crippen molar-refractivity contribution < 1.29 is 17.9 Å². The van der Waals surface area contributed by atoms with E-state index in [0.29, 0.717) is 17.7 Å². The summed E-state index contributed by atoms with van der Waals surface area (Å²) in [5.74, 6) is 0. The second-order valence-corrected chi connectivity index (χ2v) is 5.75. The van der Waals surface area contributed by atoms with Crippen molar-refractivity contribution in [2.24, 2.45) is 0 Å². The Kier molecular flexibility index (Phi) is 4.81. The van der Waals surface area contributed by atoms with Crippen LogP contribution in [0, 0.1) is 0 Å². The van der Waals surface area contributed by atoms with Crippen LogP contribution in [-0.4, -0.2) is 17.6 Å². The summed E-state index contributed by atoms with van der Waals surface area (Å²) in [5, 5.41) is 3.49. The van der Waals surface area contributed by atoms with E-state index in [1.54, 1.807) is 0 Å². The molecule has 0 aliphatic heterocycles. The van der Waals surface area contributed by atoms with Gasteiger partial charge in [-0.05, 0) is 19.3 Å². The number of hydrogen-bond acceptors (Lipinski definition) is 4. The fourth-order valence-electron chi connectivity index (χ4n) is 1.63. The largest absolute Gasteiger partial charge is 0.434 e. The number of halogens is 3. The molecule has 7 heteroatoms. The number of aromatic nitrogens is 1. The molecule has 108 valence electrons. The topological polar surface area (TPSA) is 34.1 Å². The number of hydrogen-bond donors (Lipinski definition) is 1. The van der Waals surface area contributed by atoms with E-state index in [4.69, 9.17) is 4.74 Å². The van der Waals surface area contributed by atoms with Gasteiger partial charge in [0.25, 0.3) is 0 Å². The van der Waals surface area contributed by atoms with Crippen LogP contribution in [0.2, 0.25) is 0 Å². The van der Waals surface area contributed by atoms with Crippen LogP contribution in [0.3, 0.4) is 0 Å². The van der Waals surface area contributed by atoms with Crippen molar-refractivity contribution >= 4 is 11.3 Å². The molecule has 2 rings (SSSR count). The average Bonchev–Trinajstić information content (AvgIpc) is 3.06. The SMILES string of the molecule is CCCOCc1nc(C(F)(F)F)c(CNC2CC2)s1. The Labute approximate surface area is 114 Å². The first-order valence-corrected chi connectivity index (χ1v) is 7.19. The first-order valence-electron chi connectivity index (χ1n) is 6.37. The van der Waals surface area contributed by atoms with Gasteiger partial charge in [-0.3, -0.25) is 0 Å². The van der Waals surface area contributed by atoms with Crippen molar-refractivity contribution in [2.45, 2.75) is 51.6 Å². The van der Waals surface area contributed by atoms with Crippen LogP contribution in [0.5, 0.6) is 0 Å². The van der Waals surface area contributed by atoms with Crippen LogP contribution in [-0.2, 0) is 24.1 Å². The van der Waals surface area contributed by atoms with Crippen LogP contribution < -0.4 is 5.32 Å². The molecule has 0 saturated heterocycles. The van der Waals surface area contributed by atoms with E-state index in [2.05, 4.69) is 10.3 Å². The van der Waals surface area contributed by atoms with Crippen LogP contribution >= 0.6 is 11.3 Å². The third-order valence-electron chi connectivity index (χ3n) is 2.71. The molecule has 1 aliphatic rings. The van der Waals surface area contributed by atoms with Crippen LogP contribution in [0.4, 0.5) is 13.2 Å². The number of thiazole rings is 1. The zero-order chi connectivity index (χ0) is 13.9. The lowest BCUT2D eigenvalue weighted by atomic mass is 10.3. The number of nitrogens with one attached hydrogen (secondary N) is 1. The molecule has 1 aromatic heterocycles. The van der Waals surface area contributed by atoms with Gasteiger partial charge in [0, 0.05) is 19.2 Å². The highest BCUT2D eigenvalue weighted by molar-refractivity contribution is 7.11. The molecule has 0 unspecified atom stereocenters. The van der Waals surface area contributed by atoms with Gasteiger partial charge in [-0.1, -0.05) is 6.92 Å². The first-order chi connectivity index (χ1) is 9.00. The zero-order valence-corrected chi connectivity index (χ0v) is 11.5. The second-order valence-electron chi connectivity index (χ2n) is 4.58. The Hall–Kier alpha value is -0.660. The van der Waals surface area contributed by atoms with Crippen molar-refractivity contribution in [1.82, 2.24) is 10.3 Å². The molecule has 0 amide bonds. The third kappa shape index (κ3) is 4.43. The van der Waals surface area contributed by atoms with Crippen molar-refractivity contribution in [1.29, 1.82) is 0 Å². The van der Waals surface area contributed by atoms with Gasteiger partial charge in [-0.25, -0.2) is 4.98 Å². The van der Waals surface area contributed by atoms with Gasteiger partial charge in [0.1, 0.15) is 5.01 Å². The summed E-state index contributed by atoms with van der Waals surface area (Å²) >= 11 is 1.09. The lowest BCUT2D eigenvalue weighted by Gasteiger charge is -2.06. The Balaban J connectivity index is 2.03. The summed E-state index contributed by atoms with van der Waals surface area (Å²) in [7, 11) is 0. The van der Waals surface area contributed by atoms with Gasteiger partial charge < -0.3 is 10.1 Å². The van der Waals surface area contributed by atoms with Gasteiger partial charge in [0.2, 0.25) is 0 Å². The van der Waals surface area contributed by atoms with E-state index in [1.807, 2.05) is 6.92 Å². The molecule has 0 atom stereocenters. The Bertz CT molecular complexity index is 416. The minimum Gasteiger partial charge on any atom is -0.374 e. The normalized spacial score (nSPS) is 16.0. The molecule has 19 heavy (non-hydrogen) atoms.